The minimum Gasteiger partial charge on any atom is -0.396 e. The van der Waals surface area contributed by atoms with E-state index in [1.165, 1.54) is 18.4 Å². The molecule has 3 unspecified atom stereocenters. The molecule has 1 aliphatic carbocycles. The molecule has 0 aromatic carbocycles. The SMILES string of the molecule is CCn1cc(C(C)NC2CCCC2CO)cn1. The molecule has 0 radical (unpaired) electrons. The molecule has 1 aromatic heterocycles. The standard InChI is InChI=1S/C13H23N3O/c1-3-16-8-12(7-14-16)10(2)15-13-6-4-5-11(13)9-17/h7-8,10-11,13,15,17H,3-6,9H2,1-2H3. The zero-order chi connectivity index (χ0) is 12.3. The van der Waals surface area contributed by atoms with Crippen LogP contribution in [-0.2, 0) is 6.54 Å². The Morgan fingerprint density at radius 2 is 2.41 bits per heavy atom. The Morgan fingerprint density at radius 3 is 3.06 bits per heavy atom. The molecule has 3 atom stereocenters. The van der Waals surface area contributed by atoms with Crippen LogP contribution in [0.4, 0.5) is 0 Å². The number of aliphatic hydroxyl groups excluding tert-OH is 1. The third-order valence-corrected chi connectivity index (χ3v) is 3.83. The highest BCUT2D eigenvalue weighted by molar-refractivity contribution is 5.10. The lowest BCUT2D eigenvalue weighted by molar-refractivity contribution is 0.200. The van der Waals surface area contributed by atoms with Crippen molar-refractivity contribution >= 4 is 0 Å². The third-order valence-electron chi connectivity index (χ3n) is 3.83. The summed E-state index contributed by atoms with van der Waals surface area (Å²) in [5.41, 5.74) is 1.23. The van der Waals surface area contributed by atoms with E-state index >= 15 is 0 Å². The lowest BCUT2D eigenvalue weighted by Gasteiger charge is -2.23. The third kappa shape index (κ3) is 2.87. The van der Waals surface area contributed by atoms with Crippen LogP contribution in [0.3, 0.4) is 0 Å². The van der Waals surface area contributed by atoms with Crippen molar-refractivity contribution < 1.29 is 5.11 Å². The monoisotopic (exact) mass is 237 g/mol. The van der Waals surface area contributed by atoms with Gasteiger partial charge in [0.25, 0.3) is 0 Å². The number of aliphatic hydroxyl groups is 1. The van der Waals surface area contributed by atoms with Crippen LogP contribution in [0.1, 0.15) is 44.7 Å². The molecule has 2 rings (SSSR count). The van der Waals surface area contributed by atoms with E-state index < -0.39 is 0 Å². The largest absolute Gasteiger partial charge is 0.396 e. The zero-order valence-electron chi connectivity index (χ0n) is 10.8. The molecule has 0 spiro atoms. The van der Waals surface area contributed by atoms with Crippen LogP contribution in [0.2, 0.25) is 0 Å². The molecule has 1 saturated carbocycles. The van der Waals surface area contributed by atoms with E-state index in [1.807, 2.05) is 10.9 Å². The molecule has 17 heavy (non-hydrogen) atoms. The number of aromatic nitrogens is 2. The number of nitrogens with zero attached hydrogens (tertiary/aromatic N) is 2. The summed E-state index contributed by atoms with van der Waals surface area (Å²) in [7, 11) is 0. The number of hydrogen-bond acceptors (Lipinski definition) is 3. The fourth-order valence-corrected chi connectivity index (χ4v) is 2.67. The fraction of sp³-hybridized carbons (Fsp3) is 0.769. The Bertz CT molecular complexity index is 350. The maximum absolute atomic E-state index is 9.31. The van der Waals surface area contributed by atoms with Gasteiger partial charge in [-0.25, -0.2) is 0 Å². The van der Waals surface area contributed by atoms with Gasteiger partial charge in [-0.2, -0.15) is 5.10 Å². The normalized spacial score (nSPS) is 26.3. The van der Waals surface area contributed by atoms with Crippen molar-refractivity contribution in [3.8, 4) is 0 Å². The lowest BCUT2D eigenvalue weighted by atomic mass is 10.0. The predicted molar refractivity (Wildman–Crippen MR) is 67.7 cm³/mol. The van der Waals surface area contributed by atoms with Gasteiger partial charge in [-0.05, 0) is 32.6 Å². The minimum absolute atomic E-state index is 0.304. The molecule has 1 aliphatic rings. The minimum atomic E-state index is 0.304. The Balaban J connectivity index is 1.94. The van der Waals surface area contributed by atoms with E-state index in [1.54, 1.807) is 0 Å². The second-order valence-corrected chi connectivity index (χ2v) is 5.00. The van der Waals surface area contributed by atoms with Gasteiger partial charge in [-0.1, -0.05) is 6.42 Å². The number of rotatable bonds is 5. The maximum Gasteiger partial charge on any atom is 0.0537 e. The summed E-state index contributed by atoms with van der Waals surface area (Å²) in [6.07, 6.45) is 7.58. The quantitative estimate of drug-likeness (QED) is 0.819. The van der Waals surface area contributed by atoms with Crippen LogP contribution >= 0.6 is 0 Å². The second-order valence-electron chi connectivity index (χ2n) is 5.00. The molecule has 0 amide bonds. The first-order valence-corrected chi connectivity index (χ1v) is 6.63. The molecule has 4 nitrogen and oxygen atoms in total. The van der Waals surface area contributed by atoms with Crippen molar-refractivity contribution in [2.24, 2.45) is 5.92 Å². The summed E-state index contributed by atoms with van der Waals surface area (Å²) in [5.74, 6) is 0.429. The molecular formula is C13H23N3O. The second kappa shape index (κ2) is 5.65. The van der Waals surface area contributed by atoms with Crippen molar-refractivity contribution in [1.29, 1.82) is 0 Å². The molecule has 1 fully saturated rings. The van der Waals surface area contributed by atoms with Gasteiger partial charge in [0.1, 0.15) is 0 Å². The van der Waals surface area contributed by atoms with E-state index in [-0.39, 0.29) is 0 Å². The Labute approximate surface area is 103 Å². The Hall–Kier alpha value is -0.870. The van der Waals surface area contributed by atoms with Gasteiger partial charge in [-0.15, -0.1) is 0 Å². The van der Waals surface area contributed by atoms with Gasteiger partial charge in [-0.3, -0.25) is 4.68 Å². The first-order chi connectivity index (χ1) is 8.24. The van der Waals surface area contributed by atoms with E-state index in [9.17, 15) is 5.11 Å². The van der Waals surface area contributed by atoms with Crippen molar-refractivity contribution in [2.45, 2.75) is 51.7 Å². The molecule has 0 bridgehead atoms. The van der Waals surface area contributed by atoms with Crippen LogP contribution in [0.15, 0.2) is 12.4 Å². The van der Waals surface area contributed by atoms with E-state index in [0.29, 0.717) is 24.6 Å². The average molecular weight is 237 g/mol. The molecule has 1 aromatic rings. The van der Waals surface area contributed by atoms with Crippen LogP contribution in [-0.4, -0.2) is 27.5 Å². The van der Waals surface area contributed by atoms with E-state index in [0.717, 1.165) is 13.0 Å². The topological polar surface area (TPSA) is 50.1 Å². The van der Waals surface area contributed by atoms with Crippen molar-refractivity contribution in [3.63, 3.8) is 0 Å². The number of aryl methyl sites for hydroxylation is 1. The van der Waals surface area contributed by atoms with Crippen molar-refractivity contribution in [1.82, 2.24) is 15.1 Å². The fourth-order valence-electron chi connectivity index (χ4n) is 2.67. The summed E-state index contributed by atoms with van der Waals surface area (Å²) < 4.78 is 1.95. The van der Waals surface area contributed by atoms with Crippen LogP contribution in [0.5, 0.6) is 0 Å². The van der Waals surface area contributed by atoms with Gasteiger partial charge in [0, 0.05) is 37.0 Å². The van der Waals surface area contributed by atoms with Crippen LogP contribution in [0, 0.1) is 5.92 Å². The van der Waals surface area contributed by atoms with Crippen LogP contribution < -0.4 is 5.32 Å². The van der Waals surface area contributed by atoms with Crippen molar-refractivity contribution in [2.75, 3.05) is 6.61 Å². The molecule has 2 N–H and O–H groups in total. The smallest absolute Gasteiger partial charge is 0.0537 e. The summed E-state index contributed by atoms with van der Waals surface area (Å²) in [4.78, 5) is 0. The molecule has 1 heterocycles. The van der Waals surface area contributed by atoms with E-state index in [4.69, 9.17) is 0 Å². The molecule has 0 saturated heterocycles. The summed E-state index contributed by atoms with van der Waals surface area (Å²) in [6, 6.07) is 0.771. The summed E-state index contributed by atoms with van der Waals surface area (Å²) in [6.45, 7) is 5.48. The highest BCUT2D eigenvalue weighted by Gasteiger charge is 2.27. The van der Waals surface area contributed by atoms with Gasteiger partial charge in [0.2, 0.25) is 0 Å². The number of nitrogens with one attached hydrogen (secondary N) is 1. The molecule has 0 aliphatic heterocycles. The predicted octanol–water partition coefficient (Wildman–Crippen LogP) is 1.71. The number of hydrogen-bond donors (Lipinski definition) is 2. The highest BCUT2D eigenvalue weighted by Crippen LogP contribution is 2.27. The van der Waals surface area contributed by atoms with Gasteiger partial charge < -0.3 is 10.4 Å². The van der Waals surface area contributed by atoms with E-state index in [2.05, 4.69) is 30.5 Å². The van der Waals surface area contributed by atoms with Gasteiger partial charge >= 0.3 is 0 Å². The lowest BCUT2D eigenvalue weighted by Crippen LogP contribution is -2.35. The molecule has 96 valence electrons. The van der Waals surface area contributed by atoms with Gasteiger partial charge in [0.15, 0.2) is 0 Å². The van der Waals surface area contributed by atoms with Crippen LogP contribution in [0.25, 0.3) is 0 Å². The first kappa shape index (κ1) is 12.6. The zero-order valence-corrected chi connectivity index (χ0v) is 10.8. The summed E-state index contributed by atoms with van der Waals surface area (Å²) >= 11 is 0. The van der Waals surface area contributed by atoms with Gasteiger partial charge in [0.05, 0.1) is 6.20 Å². The Kier molecular flexibility index (Phi) is 4.18. The Morgan fingerprint density at radius 1 is 1.59 bits per heavy atom. The van der Waals surface area contributed by atoms with Crippen molar-refractivity contribution in [3.05, 3.63) is 18.0 Å². The molecule has 4 heteroatoms. The first-order valence-electron chi connectivity index (χ1n) is 6.63. The molecular weight excluding hydrogens is 214 g/mol. The summed E-state index contributed by atoms with van der Waals surface area (Å²) in [5, 5.41) is 17.2. The highest BCUT2D eigenvalue weighted by atomic mass is 16.3. The average Bonchev–Trinajstić information content (AvgIpc) is 2.96. The maximum atomic E-state index is 9.31.